The molecule has 1 unspecified atom stereocenters. The van der Waals surface area contributed by atoms with Crippen LogP contribution in [0.15, 0.2) is 24.3 Å². The Labute approximate surface area is 103 Å². The summed E-state index contributed by atoms with van der Waals surface area (Å²) in [6.07, 6.45) is 0.802. The average molecular weight is 250 g/mol. The van der Waals surface area contributed by atoms with Crippen molar-refractivity contribution >= 4 is 22.4 Å². The first kappa shape index (κ1) is 13.4. The normalized spacial score (nSPS) is 11.5. The summed E-state index contributed by atoms with van der Waals surface area (Å²) in [5, 5.41) is 11.3. The van der Waals surface area contributed by atoms with Crippen LogP contribution in [-0.2, 0) is 15.6 Å². The second-order valence-corrected chi connectivity index (χ2v) is 5.10. The van der Waals surface area contributed by atoms with Gasteiger partial charge in [0.2, 0.25) is 5.91 Å². The summed E-state index contributed by atoms with van der Waals surface area (Å²) >= 11 is 0. The molecule has 0 saturated heterocycles. The molecule has 0 spiro atoms. The predicted molar refractivity (Wildman–Crippen MR) is 68.0 cm³/mol. The lowest BCUT2D eigenvalue weighted by atomic mass is 10.2. The Kier molecular flexibility index (Phi) is 5.37. The van der Waals surface area contributed by atoms with E-state index in [0.29, 0.717) is 17.0 Å². The molecule has 0 aliphatic carbocycles. The monoisotopic (exact) mass is 250 g/mol. The van der Waals surface area contributed by atoms with Crippen molar-refractivity contribution < 1.29 is 9.00 Å². The van der Waals surface area contributed by atoms with Crippen molar-refractivity contribution in [3.05, 3.63) is 29.8 Å². The summed E-state index contributed by atoms with van der Waals surface area (Å²) in [6, 6.07) is 8.55. The van der Waals surface area contributed by atoms with Gasteiger partial charge in [0.05, 0.1) is 11.6 Å². The molecule has 1 aromatic rings. The molecule has 1 aromatic carbocycles. The number of nitrogens with one attached hydrogen (secondary N) is 1. The van der Waals surface area contributed by atoms with Crippen LogP contribution < -0.4 is 5.32 Å². The van der Waals surface area contributed by atoms with Gasteiger partial charge in [-0.25, -0.2) is 0 Å². The molecule has 1 atom stereocenters. The summed E-state index contributed by atoms with van der Waals surface area (Å²) in [5.74, 6) is 0.302. The predicted octanol–water partition coefficient (Wildman–Crippen LogP) is 1.66. The number of amides is 1. The molecule has 1 rings (SSSR count). The highest BCUT2D eigenvalue weighted by Crippen LogP contribution is 2.08. The molecule has 1 N–H and O–H groups in total. The van der Waals surface area contributed by atoms with E-state index in [4.69, 9.17) is 5.26 Å². The number of benzene rings is 1. The van der Waals surface area contributed by atoms with Crippen LogP contribution in [0.25, 0.3) is 0 Å². The maximum absolute atomic E-state index is 11.5. The molecule has 0 bridgehead atoms. The summed E-state index contributed by atoms with van der Waals surface area (Å²) in [5.41, 5.74) is 1.15. The summed E-state index contributed by atoms with van der Waals surface area (Å²) < 4.78 is 11.4. The molecule has 1 amide bonds. The van der Waals surface area contributed by atoms with Crippen LogP contribution in [0.4, 0.5) is 5.69 Å². The van der Waals surface area contributed by atoms with E-state index in [0.717, 1.165) is 6.42 Å². The van der Waals surface area contributed by atoms with Crippen LogP contribution in [0.2, 0.25) is 0 Å². The van der Waals surface area contributed by atoms with E-state index in [1.807, 2.05) is 13.0 Å². The van der Waals surface area contributed by atoms with Crippen molar-refractivity contribution in [3.8, 4) is 6.07 Å². The molecule has 0 aliphatic rings. The zero-order valence-electron chi connectivity index (χ0n) is 9.60. The fourth-order valence-electron chi connectivity index (χ4n) is 1.27. The van der Waals surface area contributed by atoms with E-state index >= 15 is 0 Å². The number of carbonyl (C=O) groups excluding carboxylic acids is 1. The number of hydrogen-bond acceptors (Lipinski definition) is 3. The van der Waals surface area contributed by atoms with E-state index in [1.165, 1.54) is 0 Å². The first-order chi connectivity index (χ1) is 8.15. The minimum absolute atomic E-state index is 0.0217. The van der Waals surface area contributed by atoms with Crippen molar-refractivity contribution in [1.82, 2.24) is 0 Å². The average Bonchev–Trinajstić information content (AvgIpc) is 2.30. The number of carbonyl (C=O) groups is 1. The van der Waals surface area contributed by atoms with Crippen LogP contribution in [-0.4, -0.2) is 21.6 Å². The Hall–Kier alpha value is -1.67. The number of nitrogens with zero attached hydrogens (tertiary/aromatic N) is 1. The Bertz CT molecular complexity index is 449. The Morgan fingerprint density at radius 1 is 1.41 bits per heavy atom. The molecular formula is C12H14N2O2S. The molecule has 4 nitrogen and oxygen atoms in total. The van der Waals surface area contributed by atoms with E-state index < -0.39 is 10.8 Å². The Morgan fingerprint density at radius 3 is 2.59 bits per heavy atom. The SMILES string of the molecule is CCCS(=O)CC(=O)Nc1ccc(C#N)cc1. The highest BCUT2D eigenvalue weighted by atomic mass is 32.2. The van der Waals surface area contributed by atoms with Gasteiger partial charge in [0.15, 0.2) is 0 Å². The molecule has 0 aromatic heterocycles. The van der Waals surface area contributed by atoms with Crippen molar-refractivity contribution in [3.63, 3.8) is 0 Å². The molecule has 17 heavy (non-hydrogen) atoms. The third-order valence-corrected chi connectivity index (χ3v) is 3.47. The first-order valence-electron chi connectivity index (χ1n) is 5.30. The zero-order chi connectivity index (χ0) is 12.7. The van der Waals surface area contributed by atoms with E-state index in [-0.39, 0.29) is 11.7 Å². The van der Waals surface area contributed by atoms with Gasteiger partial charge < -0.3 is 5.32 Å². The standard InChI is InChI=1S/C12H14N2O2S/c1-2-7-17(16)9-12(15)14-11-5-3-10(8-13)4-6-11/h3-6H,2,7,9H2,1H3,(H,14,15). The summed E-state index contributed by atoms with van der Waals surface area (Å²) in [7, 11) is -1.09. The fraction of sp³-hybridized carbons (Fsp3) is 0.333. The summed E-state index contributed by atoms with van der Waals surface area (Å²) in [6.45, 7) is 1.93. The number of hydrogen-bond donors (Lipinski definition) is 1. The van der Waals surface area contributed by atoms with Crippen LogP contribution >= 0.6 is 0 Å². The largest absolute Gasteiger partial charge is 0.325 e. The third-order valence-electron chi connectivity index (χ3n) is 2.02. The van der Waals surface area contributed by atoms with E-state index in [9.17, 15) is 9.00 Å². The second-order valence-electron chi connectivity index (χ2n) is 3.53. The molecule has 0 radical (unpaired) electrons. The first-order valence-corrected chi connectivity index (χ1v) is 6.79. The minimum atomic E-state index is -1.09. The minimum Gasteiger partial charge on any atom is -0.325 e. The topological polar surface area (TPSA) is 70.0 Å². The van der Waals surface area contributed by atoms with Crippen molar-refractivity contribution in [1.29, 1.82) is 5.26 Å². The van der Waals surface area contributed by atoms with Gasteiger partial charge in [-0.2, -0.15) is 5.26 Å². The Morgan fingerprint density at radius 2 is 2.06 bits per heavy atom. The van der Waals surface area contributed by atoms with Gasteiger partial charge >= 0.3 is 0 Å². The smallest absolute Gasteiger partial charge is 0.236 e. The number of rotatable bonds is 5. The molecule has 0 saturated carbocycles. The molecular weight excluding hydrogens is 236 g/mol. The molecule has 5 heteroatoms. The third kappa shape index (κ3) is 4.79. The van der Waals surface area contributed by atoms with Gasteiger partial charge in [-0.15, -0.1) is 0 Å². The number of anilines is 1. The second kappa shape index (κ2) is 6.81. The van der Waals surface area contributed by atoms with Crippen molar-refractivity contribution in [2.75, 3.05) is 16.8 Å². The lowest BCUT2D eigenvalue weighted by Gasteiger charge is -2.04. The van der Waals surface area contributed by atoms with Gasteiger partial charge in [0.1, 0.15) is 5.75 Å². The molecule has 0 heterocycles. The van der Waals surface area contributed by atoms with Crippen molar-refractivity contribution in [2.45, 2.75) is 13.3 Å². The van der Waals surface area contributed by atoms with Crippen LogP contribution in [0, 0.1) is 11.3 Å². The van der Waals surface area contributed by atoms with Gasteiger partial charge in [-0.3, -0.25) is 9.00 Å². The van der Waals surface area contributed by atoms with Gasteiger partial charge in [-0.05, 0) is 30.7 Å². The molecule has 90 valence electrons. The fourth-order valence-corrected chi connectivity index (χ4v) is 2.24. The Balaban J connectivity index is 2.51. The van der Waals surface area contributed by atoms with Crippen LogP contribution in [0.1, 0.15) is 18.9 Å². The molecule has 0 fully saturated rings. The highest BCUT2D eigenvalue weighted by molar-refractivity contribution is 7.85. The highest BCUT2D eigenvalue weighted by Gasteiger charge is 2.07. The summed E-state index contributed by atoms with van der Waals surface area (Å²) in [4.78, 5) is 11.5. The maximum Gasteiger partial charge on any atom is 0.236 e. The van der Waals surface area contributed by atoms with Gasteiger partial charge in [0, 0.05) is 22.2 Å². The lowest BCUT2D eigenvalue weighted by molar-refractivity contribution is -0.113. The maximum atomic E-state index is 11.5. The van der Waals surface area contributed by atoms with E-state index in [1.54, 1.807) is 24.3 Å². The van der Waals surface area contributed by atoms with Gasteiger partial charge in [-0.1, -0.05) is 6.92 Å². The van der Waals surface area contributed by atoms with Crippen LogP contribution in [0.3, 0.4) is 0 Å². The zero-order valence-corrected chi connectivity index (χ0v) is 10.4. The van der Waals surface area contributed by atoms with Crippen molar-refractivity contribution in [2.24, 2.45) is 0 Å². The number of nitriles is 1. The lowest BCUT2D eigenvalue weighted by Crippen LogP contribution is -2.20. The quantitative estimate of drug-likeness (QED) is 0.864. The van der Waals surface area contributed by atoms with Gasteiger partial charge in [0.25, 0.3) is 0 Å². The van der Waals surface area contributed by atoms with E-state index in [2.05, 4.69) is 5.32 Å². The molecule has 0 aliphatic heterocycles. The van der Waals surface area contributed by atoms with Crippen LogP contribution in [0.5, 0.6) is 0 Å².